The Morgan fingerprint density at radius 3 is 2.28 bits per heavy atom. The smallest absolute Gasteiger partial charge is 0.0471 e. The van der Waals surface area contributed by atoms with E-state index in [0.29, 0.717) is 6.54 Å². The summed E-state index contributed by atoms with van der Waals surface area (Å²) in [4.78, 5) is 2.33. The van der Waals surface area contributed by atoms with E-state index in [1.54, 1.807) is 0 Å². The summed E-state index contributed by atoms with van der Waals surface area (Å²) in [6, 6.07) is 14.5. The molecule has 1 aliphatic rings. The van der Waals surface area contributed by atoms with E-state index >= 15 is 0 Å². The molecule has 0 saturated heterocycles. The number of anilines is 1. The van der Waals surface area contributed by atoms with Gasteiger partial charge in [-0.15, -0.1) is 0 Å². The minimum Gasteiger partial charge on any atom is -0.363 e. The molecule has 3 rings (SSSR count). The molecule has 0 saturated carbocycles. The third-order valence-corrected chi connectivity index (χ3v) is 3.83. The normalized spacial score (nSPS) is 13.8. The quantitative estimate of drug-likeness (QED) is 0.895. The Labute approximate surface area is 112 Å². The molecular weight excluding hydrogens is 244 g/mol. The summed E-state index contributed by atoms with van der Waals surface area (Å²) >= 11 is 6.21. The van der Waals surface area contributed by atoms with E-state index in [0.717, 1.165) is 29.4 Å². The number of rotatable bonds is 2. The summed E-state index contributed by atoms with van der Waals surface area (Å²) in [5.74, 6) is 0. The van der Waals surface area contributed by atoms with Crippen molar-refractivity contribution in [2.75, 3.05) is 4.90 Å². The standard InChI is InChI=1S/C15H15ClN2/c16-14-6-3-7-15(13(14)8-17)18-9-11-4-1-2-5-12(11)10-18/h1-7H,8-10,17H2. The SMILES string of the molecule is NCc1c(Cl)cccc1N1Cc2ccccc2C1. The van der Waals surface area contributed by atoms with Gasteiger partial charge in [0.25, 0.3) is 0 Å². The van der Waals surface area contributed by atoms with Crippen molar-refractivity contribution in [2.45, 2.75) is 19.6 Å². The van der Waals surface area contributed by atoms with Gasteiger partial charge in [0, 0.05) is 35.9 Å². The van der Waals surface area contributed by atoms with Crippen molar-refractivity contribution >= 4 is 17.3 Å². The van der Waals surface area contributed by atoms with Gasteiger partial charge in [-0.2, -0.15) is 0 Å². The first-order chi connectivity index (χ1) is 8.79. The fraction of sp³-hybridized carbons (Fsp3) is 0.200. The van der Waals surface area contributed by atoms with Gasteiger partial charge in [-0.05, 0) is 23.3 Å². The molecule has 2 aromatic rings. The molecule has 1 heterocycles. The van der Waals surface area contributed by atoms with Gasteiger partial charge in [0.1, 0.15) is 0 Å². The Morgan fingerprint density at radius 1 is 1.00 bits per heavy atom. The summed E-state index contributed by atoms with van der Waals surface area (Å²) in [6.07, 6.45) is 0. The predicted octanol–water partition coefficient (Wildman–Crippen LogP) is 3.32. The molecular formula is C15H15ClN2. The zero-order valence-corrected chi connectivity index (χ0v) is 10.8. The molecule has 0 bridgehead atoms. The van der Waals surface area contributed by atoms with Crippen LogP contribution >= 0.6 is 11.6 Å². The molecule has 2 N–H and O–H groups in total. The molecule has 1 aliphatic heterocycles. The topological polar surface area (TPSA) is 29.3 Å². The summed E-state index contributed by atoms with van der Waals surface area (Å²) in [5.41, 5.74) is 10.8. The highest BCUT2D eigenvalue weighted by atomic mass is 35.5. The minimum absolute atomic E-state index is 0.474. The average Bonchev–Trinajstić information content (AvgIpc) is 2.82. The van der Waals surface area contributed by atoms with Crippen molar-refractivity contribution in [3.05, 3.63) is 64.2 Å². The molecule has 0 atom stereocenters. The van der Waals surface area contributed by atoms with Gasteiger partial charge in [0.05, 0.1) is 0 Å². The summed E-state index contributed by atoms with van der Waals surface area (Å²) in [6.45, 7) is 2.34. The van der Waals surface area contributed by atoms with Crippen molar-refractivity contribution < 1.29 is 0 Å². The number of fused-ring (bicyclic) bond motifs is 1. The van der Waals surface area contributed by atoms with E-state index in [1.165, 1.54) is 11.1 Å². The summed E-state index contributed by atoms with van der Waals surface area (Å²) in [7, 11) is 0. The molecule has 0 unspecified atom stereocenters. The largest absolute Gasteiger partial charge is 0.363 e. The summed E-state index contributed by atoms with van der Waals surface area (Å²) < 4.78 is 0. The number of nitrogens with two attached hydrogens (primary N) is 1. The van der Waals surface area contributed by atoms with Crippen LogP contribution in [0.3, 0.4) is 0 Å². The van der Waals surface area contributed by atoms with E-state index in [-0.39, 0.29) is 0 Å². The van der Waals surface area contributed by atoms with Crippen LogP contribution in [-0.4, -0.2) is 0 Å². The molecule has 92 valence electrons. The van der Waals surface area contributed by atoms with Gasteiger partial charge in [-0.25, -0.2) is 0 Å². The lowest BCUT2D eigenvalue weighted by Crippen LogP contribution is -2.17. The Hall–Kier alpha value is -1.51. The van der Waals surface area contributed by atoms with Gasteiger partial charge >= 0.3 is 0 Å². The van der Waals surface area contributed by atoms with Gasteiger partial charge in [0.2, 0.25) is 0 Å². The zero-order valence-electron chi connectivity index (χ0n) is 10.1. The average molecular weight is 259 g/mol. The number of hydrogen-bond acceptors (Lipinski definition) is 2. The van der Waals surface area contributed by atoms with E-state index in [2.05, 4.69) is 35.2 Å². The molecule has 2 aromatic carbocycles. The Balaban J connectivity index is 1.97. The maximum absolute atomic E-state index is 6.21. The van der Waals surface area contributed by atoms with Crippen molar-refractivity contribution in [1.29, 1.82) is 0 Å². The molecule has 0 amide bonds. The fourth-order valence-electron chi connectivity index (χ4n) is 2.55. The van der Waals surface area contributed by atoms with E-state index in [1.807, 2.05) is 12.1 Å². The zero-order chi connectivity index (χ0) is 12.5. The molecule has 0 aromatic heterocycles. The van der Waals surface area contributed by atoms with Crippen LogP contribution in [0, 0.1) is 0 Å². The molecule has 0 spiro atoms. The number of halogens is 1. The van der Waals surface area contributed by atoms with Crippen LogP contribution in [0.15, 0.2) is 42.5 Å². The molecule has 0 radical (unpaired) electrons. The molecule has 3 heteroatoms. The number of nitrogens with zero attached hydrogens (tertiary/aromatic N) is 1. The highest BCUT2D eigenvalue weighted by Gasteiger charge is 2.20. The van der Waals surface area contributed by atoms with Crippen LogP contribution in [0.2, 0.25) is 5.02 Å². The van der Waals surface area contributed by atoms with Crippen LogP contribution in [0.5, 0.6) is 0 Å². The third kappa shape index (κ3) is 1.88. The second kappa shape index (κ2) is 4.63. The van der Waals surface area contributed by atoms with E-state index in [4.69, 9.17) is 17.3 Å². The van der Waals surface area contributed by atoms with Crippen molar-refractivity contribution in [2.24, 2.45) is 5.73 Å². The maximum Gasteiger partial charge on any atom is 0.0471 e. The summed E-state index contributed by atoms with van der Waals surface area (Å²) in [5, 5.41) is 0.756. The first-order valence-electron chi connectivity index (χ1n) is 6.09. The predicted molar refractivity (Wildman–Crippen MR) is 75.7 cm³/mol. The van der Waals surface area contributed by atoms with Crippen LogP contribution in [0.4, 0.5) is 5.69 Å². The van der Waals surface area contributed by atoms with Crippen LogP contribution in [0.1, 0.15) is 16.7 Å². The van der Waals surface area contributed by atoms with Crippen molar-refractivity contribution in [3.8, 4) is 0 Å². The van der Waals surface area contributed by atoms with Gasteiger partial charge in [-0.1, -0.05) is 41.9 Å². The third-order valence-electron chi connectivity index (χ3n) is 3.48. The maximum atomic E-state index is 6.21. The highest BCUT2D eigenvalue weighted by molar-refractivity contribution is 6.31. The van der Waals surface area contributed by atoms with Crippen LogP contribution < -0.4 is 10.6 Å². The van der Waals surface area contributed by atoms with E-state index < -0.39 is 0 Å². The molecule has 0 fully saturated rings. The van der Waals surface area contributed by atoms with Gasteiger partial charge in [0.15, 0.2) is 0 Å². The lowest BCUT2D eigenvalue weighted by molar-refractivity contribution is 0.865. The highest BCUT2D eigenvalue weighted by Crippen LogP contribution is 2.33. The second-order valence-corrected chi connectivity index (χ2v) is 4.97. The lowest BCUT2D eigenvalue weighted by atomic mass is 10.1. The first-order valence-corrected chi connectivity index (χ1v) is 6.46. The van der Waals surface area contributed by atoms with Crippen molar-refractivity contribution in [3.63, 3.8) is 0 Å². The second-order valence-electron chi connectivity index (χ2n) is 4.57. The fourth-order valence-corrected chi connectivity index (χ4v) is 2.80. The monoisotopic (exact) mass is 258 g/mol. The van der Waals surface area contributed by atoms with Crippen LogP contribution in [-0.2, 0) is 19.6 Å². The number of benzene rings is 2. The molecule has 0 aliphatic carbocycles. The van der Waals surface area contributed by atoms with Crippen LogP contribution in [0.25, 0.3) is 0 Å². The van der Waals surface area contributed by atoms with Crippen molar-refractivity contribution in [1.82, 2.24) is 0 Å². The molecule has 2 nitrogen and oxygen atoms in total. The Bertz CT molecular complexity index is 555. The minimum atomic E-state index is 0.474. The molecule has 18 heavy (non-hydrogen) atoms. The number of hydrogen-bond donors (Lipinski definition) is 1. The Morgan fingerprint density at radius 2 is 1.67 bits per heavy atom. The first kappa shape index (κ1) is 11.6. The van der Waals surface area contributed by atoms with Gasteiger partial charge < -0.3 is 10.6 Å². The van der Waals surface area contributed by atoms with Gasteiger partial charge in [-0.3, -0.25) is 0 Å². The van der Waals surface area contributed by atoms with E-state index in [9.17, 15) is 0 Å². The Kier molecular flexibility index (Phi) is 2.98. The lowest BCUT2D eigenvalue weighted by Gasteiger charge is -2.21.